The van der Waals surface area contributed by atoms with Gasteiger partial charge in [0.05, 0.1) is 13.2 Å². The number of aromatic nitrogens is 3. The molecule has 24 heavy (non-hydrogen) atoms. The van der Waals surface area contributed by atoms with Crippen molar-refractivity contribution in [3.8, 4) is 0 Å². The van der Waals surface area contributed by atoms with Crippen LogP contribution in [0.15, 0.2) is 79.9 Å². The van der Waals surface area contributed by atoms with Gasteiger partial charge in [0, 0.05) is 5.02 Å². The van der Waals surface area contributed by atoms with E-state index in [9.17, 15) is 0 Å². The van der Waals surface area contributed by atoms with Crippen LogP contribution >= 0.6 is 11.6 Å². The molecular weight excluding hydrogens is 322 g/mol. The first-order valence-corrected chi connectivity index (χ1v) is 8.01. The summed E-state index contributed by atoms with van der Waals surface area (Å²) in [6.07, 6.45) is 4.95. The Kier molecular flexibility index (Phi) is 5.08. The number of hydrogen-bond donors (Lipinski definition) is 0. The minimum Gasteiger partial charge on any atom is -0.360 e. The summed E-state index contributed by atoms with van der Waals surface area (Å²) in [4.78, 5) is 4.04. The van der Waals surface area contributed by atoms with Crippen molar-refractivity contribution in [2.75, 3.05) is 6.61 Å². The average Bonchev–Trinajstić information content (AvgIpc) is 3.13. The molecule has 1 atom stereocenters. The summed E-state index contributed by atoms with van der Waals surface area (Å²) >= 11 is 6.07. The van der Waals surface area contributed by atoms with E-state index >= 15 is 0 Å². The summed E-state index contributed by atoms with van der Waals surface area (Å²) in [5.74, 6) is 0. The van der Waals surface area contributed by atoms with Gasteiger partial charge < -0.3 is 4.74 Å². The first-order valence-electron chi connectivity index (χ1n) is 7.63. The Morgan fingerprint density at radius 3 is 2.42 bits per heavy atom. The van der Waals surface area contributed by atoms with Crippen LogP contribution in [0.5, 0.6) is 0 Å². The zero-order valence-electron chi connectivity index (χ0n) is 13.2. The molecule has 0 radical (unpaired) electrons. The van der Waals surface area contributed by atoms with Crippen LogP contribution in [0.3, 0.4) is 0 Å². The fourth-order valence-corrected chi connectivity index (χ4v) is 2.86. The van der Waals surface area contributed by atoms with E-state index < -0.39 is 5.60 Å². The van der Waals surface area contributed by atoms with Crippen LogP contribution in [0.4, 0.5) is 0 Å². The molecule has 4 nitrogen and oxygen atoms in total. The first-order chi connectivity index (χ1) is 11.7. The highest BCUT2D eigenvalue weighted by molar-refractivity contribution is 6.30. The van der Waals surface area contributed by atoms with Crippen LogP contribution in [0, 0.1) is 0 Å². The molecule has 0 bridgehead atoms. The number of nitrogens with zero attached hydrogens (tertiary/aromatic N) is 3. The average molecular weight is 340 g/mol. The van der Waals surface area contributed by atoms with E-state index in [2.05, 4.69) is 28.8 Å². The molecule has 0 saturated heterocycles. The molecule has 1 unspecified atom stereocenters. The molecule has 2 aromatic carbocycles. The maximum absolute atomic E-state index is 6.31. The lowest BCUT2D eigenvalue weighted by atomic mass is 9.86. The molecule has 1 aromatic heterocycles. The molecule has 0 aliphatic carbocycles. The number of benzene rings is 2. The summed E-state index contributed by atoms with van der Waals surface area (Å²) in [7, 11) is 0. The zero-order valence-corrected chi connectivity index (χ0v) is 13.9. The predicted molar refractivity (Wildman–Crippen MR) is 94.8 cm³/mol. The first kappa shape index (κ1) is 16.4. The minimum atomic E-state index is -0.715. The third-order valence-electron chi connectivity index (χ3n) is 3.85. The zero-order chi connectivity index (χ0) is 16.8. The predicted octanol–water partition coefficient (Wildman–Crippen LogP) is 4.08. The van der Waals surface area contributed by atoms with E-state index in [0.717, 1.165) is 11.1 Å². The van der Waals surface area contributed by atoms with Crippen LogP contribution < -0.4 is 0 Å². The molecule has 0 N–H and O–H groups in total. The summed E-state index contributed by atoms with van der Waals surface area (Å²) in [5.41, 5.74) is 1.31. The van der Waals surface area contributed by atoms with Gasteiger partial charge in [-0.05, 0) is 23.3 Å². The number of halogens is 1. The molecular formula is C19H18ClN3O. The second-order valence-electron chi connectivity index (χ2n) is 5.39. The normalized spacial score (nSPS) is 13.4. The van der Waals surface area contributed by atoms with Crippen LogP contribution in [-0.4, -0.2) is 21.4 Å². The topological polar surface area (TPSA) is 39.9 Å². The van der Waals surface area contributed by atoms with Crippen molar-refractivity contribution in [3.05, 3.63) is 96.1 Å². The monoisotopic (exact) mass is 339 g/mol. The second-order valence-corrected chi connectivity index (χ2v) is 5.83. The summed E-state index contributed by atoms with van der Waals surface area (Å²) in [6.45, 7) is 4.68. The molecule has 0 saturated carbocycles. The Labute approximate surface area is 146 Å². The lowest BCUT2D eigenvalue weighted by Gasteiger charge is -2.34. The SMILES string of the molecule is C=CCOC(Cn1cncn1)(c1ccccc1)c1ccc(Cl)cc1. The number of ether oxygens (including phenoxy) is 1. The molecule has 0 fully saturated rings. The van der Waals surface area contributed by atoms with Gasteiger partial charge in [-0.25, -0.2) is 9.67 Å². The van der Waals surface area contributed by atoms with Crippen molar-refractivity contribution in [1.82, 2.24) is 14.8 Å². The Morgan fingerprint density at radius 2 is 1.79 bits per heavy atom. The summed E-state index contributed by atoms with van der Waals surface area (Å²) in [6, 6.07) is 17.8. The van der Waals surface area contributed by atoms with Gasteiger partial charge in [-0.1, -0.05) is 60.1 Å². The van der Waals surface area contributed by atoms with Gasteiger partial charge in [0.1, 0.15) is 18.3 Å². The van der Waals surface area contributed by atoms with Crippen LogP contribution in [0.25, 0.3) is 0 Å². The minimum absolute atomic E-state index is 0.409. The maximum Gasteiger partial charge on any atom is 0.138 e. The fraction of sp³-hybridized carbons (Fsp3) is 0.158. The molecule has 0 spiro atoms. The van der Waals surface area contributed by atoms with Crippen molar-refractivity contribution < 1.29 is 4.74 Å². The van der Waals surface area contributed by atoms with Gasteiger partial charge in [-0.15, -0.1) is 6.58 Å². The Morgan fingerprint density at radius 1 is 1.08 bits per heavy atom. The van der Waals surface area contributed by atoms with Gasteiger partial charge in [-0.2, -0.15) is 5.10 Å². The highest BCUT2D eigenvalue weighted by atomic mass is 35.5. The smallest absolute Gasteiger partial charge is 0.138 e. The van der Waals surface area contributed by atoms with Crippen molar-refractivity contribution in [2.45, 2.75) is 12.1 Å². The Bertz CT molecular complexity index is 772. The van der Waals surface area contributed by atoms with E-state index in [1.807, 2.05) is 42.5 Å². The Balaban J connectivity index is 2.14. The number of rotatable bonds is 7. The van der Waals surface area contributed by atoms with Crippen molar-refractivity contribution in [3.63, 3.8) is 0 Å². The second kappa shape index (κ2) is 7.43. The van der Waals surface area contributed by atoms with Crippen LogP contribution in [-0.2, 0) is 16.9 Å². The van der Waals surface area contributed by atoms with Gasteiger partial charge in [0.15, 0.2) is 0 Å². The number of hydrogen-bond acceptors (Lipinski definition) is 3. The van der Waals surface area contributed by atoms with E-state index in [4.69, 9.17) is 16.3 Å². The molecule has 0 aliphatic rings. The van der Waals surface area contributed by atoms with Crippen LogP contribution in [0.1, 0.15) is 11.1 Å². The van der Waals surface area contributed by atoms with Gasteiger partial charge in [0.25, 0.3) is 0 Å². The van der Waals surface area contributed by atoms with Crippen molar-refractivity contribution >= 4 is 11.6 Å². The lowest BCUT2D eigenvalue weighted by Crippen LogP contribution is -2.36. The molecule has 122 valence electrons. The largest absolute Gasteiger partial charge is 0.360 e. The summed E-state index contributed by atoms with van der Waals surface area (Å²) < 4.78 is 8.08. The molecule has 5 heteroatoms. The van der Waals surface area contributed by atoms with E-state index in [1.54, 1.807) is 17.1 Å². The maximum atomic E-state index is 6.31. The van der Waals surface area contributed by atoms with E-state index in [0.29, 0.717) is 18.2 Å². The van der Waals surface area contributed by atoms with Gasteiger partial charge >= 0.3 is 0 Å². The van der Waals surface area contributed by atoms with Crippen molar-refractivity contribution in [2.24, 2.45) is 0 Å². The third-order valence-corrected chi connectivity index (χ3v) is 4.10. The van der Waals surface area contributed by atoms with Gasteiger partial charge in [-0.3, -0.25) is 0 Å². The highest BCUT2D eigenvalue weighted by Crippen LogP contribution is 2.36. The fourth-order valence-electron chi connectivity index (χ4n) is 2.73. The van der Waals surface area contributed by atoms with Gasteiger partial charge in [0.2, 0.25) is 0 Å². The van der Waals surface area contributed by atoms with Crippen molar-refractivity contribution in [1.29, 1.82) is 0 Å². The highest BCUT2D eigenvalue weighted by Gasteiger charge is 2.36. The molecule has 3 aromatic rings. The van der Waals surface area contributed by atoms with E-state index in [-0.39, 0.29) is 0 Å². The quantitative estimate of drug-likeness (QED) is 0.609. The van der Waals surface area contributed by atoms with E-state index in [1.165, 1.54) is 6.33 Å². The lowest BCUT2D eigenvalue weighted by molar-refractivity contribution is -0.0179. The molecule has 1 heterocycles. The molecule has 3 rings (SSSR count). The molecule has 0 aliphatic heterocycles. The third kappa shape index (κ3) is 3.40. The Hall–Kier alpha value is -2.43. The molecule has 0 amide bonds. The van der Waals surface area contributed by atoms with Crippen LogP contribution in [0.2, 0.25) is 5.02 Å². The summed E-state index contributed by atoms with van der Waals surface area (Å²) in [5, 5.41) is 4.94. The standard InChI is InChI=1S/C19H18ClN3O/c1-2-12-24-19(13-23-15-21-14-22-23,16-6-4-3-5-7-16)17-8-10-18(20)11-9-17/h2-11,14-15H,1,12-13H2.